The first-order valence-corrected chi connectivity index (χ1v) is 8.85. The number of hydrogen-bond donors (Lipinski definition) is 0. The Bertz CT molecular complexity index is 1370. The van der Waals surface area contributed by atoms with Gasteiger partial charge in [0.15, 0.2) is 11.2 Å². The fourth-order valence-electron chi connectivity index (χ4n) is 3.57. The molecule has 3 heterocycles. The Morgan fingerprint density at radius 2 is 2.00 bits per heavy atom. The maximum atomic E-state index is 13.0. The molecule has 0 unspecified atom stereocenters. The Kier molecular flexibility index (Phi) is 3.99. The first kappa shape index (κ1) is 17.8. The minimum absolute atomic E-state index is 0.139. The van der Waals surface area contributed by atoms with Crippen molar-refractivity contribution >= 4 is 16.9 Å². The highest BCUT2D eigenvalue weighted by atomic mass is 16.5. The van der Waals surface area contributed by atoms with Crippen molar-refractivity contribution in [3.8, 4) is 11.4 Å². The molecule has 0 saturated heterocycles. The maximum absolute atomic E-state index is 13.0. The monoisotopic (exact) mass is 379 g/mol. The minimum atomic E-state index is -0.422. The summed E-state index contributed by atoms with van der Waals surface area (Å²) in [6, 6.07) is 5.87. The van der Waals surface area contributed by atoms with Crippen molar-refractivity contribution in [1.82, 2.24) is 23.1 Å². The van der Waals surface area contributed by atoms with Crippen LogP contribution in [0.2, 0.25) is 0 Å². The lowest BCUT2D eigenvalue weighted by Gasteiger charge is -2.12. The fourth-order valence-corrected chi connectivity index (χ4v) is 3.57. The Morgan fingerprint density at radius 3 is 2.68 bits per heavy atom. The quantitative estimate of drug-likeness (QED) is 0.508. The van der Waals surface area contributed by atoms with E-state index in [1.54, 1.807) is 18.6 Å². The summed E-state index contributed by atoms with van der Waals surface area (Å²) < 4.78 is 11.7. The third-order valence-corrected chi connectivity index (χ3v) is 4.91. The maximum Gasteiger partial charge on any atom is 0.332 e. The zero-order valence-corrected chi connectivity index (χ0v) is 16.3. The van der Waals surface area contributed by atoms with E-state index >= 15 is 0 Å². The Morgan fingerprint density at radius 1 is 1.25 bits per heavy atom. The van der Waals surface area contributed by atoms with Crippen LogP contribution in [0.25, 0.3) is 22.6 Å². The van der Waals surface area contributed by atoms with Gasteiger partial charge in [-0.05, 0) is 31.5 Å². The molecule has 0 atom stereocenters. The van der Waals surface area contributed by atoms with Crippen molar-refractivity contribution in [3.05, 3.63) is 69.1 Å². The van der Waals surface area contributed by atoms with Gasteiger partial charge in [0.2, 0.25) is 5.78 Å². The van der Waals surface area contributed by atoms with E-state index in [2.05, 4.69) is 11.6 Å². The van der Waals surface area contributed by atoms with Crippen molar-refractivity contribution in [2.24, 2.45) is 7.05 Å². The van der Waals surface area contributed by atoms with Gasteiger partial charge in [-0.25, -0.2) is 4.79 Å². The average Bonchev–Trinajstić information content (AvgIpc) is 3.18. The summed E-state index contributed by atoms with van der Waals surface area (Å²) >= 11 is 0. The second-order valence-corrected chi connectivity index (χ2v) is 6.78. The predicted molar refractivity (Wildman–Crippen MR) is 108 cm³/mol. The Labute approximate surface area is 160 Å². The first-order valence-electron chi connectivity index (χ1n) is 8.85. The number of nitrogens with zero attached hydrogens (tertiary/aromatic N) is 5. The molecular weight excluding hydrogens is 358 g/mol. The molecule has 4 aromatic rings. The van der Waals surface area contributed by atoms with Gasteiger partial charge in [0.05, 0.1) is 12.8 Å². The number of hydrogen-bond acceptors (Lipinski definition) is 4. The van der Waals surface area contributed by atoms with Crippen LogP contribution in [0.1, 0.15) is 11.3 Å². The van der Waals surface area contributed by atoms with Crippen molar-refractivity contribution in [2.75, 3.05) is 7.11 Å². The number of fused-ring (bicyclic) bond motifs is 3. The third kappa shape index (κ3) is 2.34. The summed E-state index contributed by atoms with van der Waals surface area (Å²) in [4.78, 5) is 30.2. The molecule has 1 aromatic carbocycles. The van der Waals surface area contributed by atoms with Crippen LogP contribution < -0.4 is 16.0 Å². The SMILES string of the molecule is C=CCn1c(=O)c2c(nc3n(-c4cc(C)ccc4OC)c(C)cn23)n(C)c1=O. The zero-order chi connectivity index (χ0) is 20.2. The van der Waals surface area contributed by atoms with E-state index < -0.39 is 5.69 Å². The van der Waals surface area contributed by atoms with Crippen LogP contribution in [0, 0.1) is 13.8 Å². The molecule has 3 aromatic heterocycles. The number of methoxy groups -OCH3 is 1. The molecule has 0 bridgehead atoms. The van der Waals surface area contributed by atoms with Crippen molar-refractivity contribution in [1.29, 1.82) is 0 Å². The van der Waals surface area contributed by atoms with Crippen LogP contribution in [0.5, 0.6) is 5.75 Å². The van der Waals surface area contributed by atoms with E-state index in [9.17, 15) is 9.59 Å². The summed E-state index contributed by atoms with van der Waals surface area (Å²) in [7, 11) is 3.23. The average molecular weight is 379 g/mol. The van der Waals surface area contributed by atoms with Crippen LogP contribution in [0.3, 0.4) is 0 Å². The van der Waals surface area contributed by atoms with Gasteiger partial charge in [-0.2, -0.15) is 4.98 Å². The van der Waals surface area contributed by atoms with Gasteiger partial charge in [0, 0.05) is 25.5 Å². The topological polar surface area (TPSA) is 75.5 Å². The summed E-state index contributed by atoms with van der Waals surface area (Å²) in [5.41, 5.74) is 2.66. The smallest absolute Gasteiger partial charge is 0.332 e. The highest BCUT2D eigenvalue weighted by Gasteiger charge is 2.21. The normalized spacial score (nSPS) is 11.4. The van der Waals surface area contributed by atoms with Crippen molar-refractivity contribution in [3.63, 3.8) is 0 Å². The highest BCUT2D eigenvalue weighted by Crippen LogP contribution is 2.28. The molecule has 4 rings (SSSR count). The van der Waals surface area contributed by atoms with Gasteiger partial charge in [-0.15, -0.1) is 6.58 Å². The van der Waals surface area contributed by atoms with Crippen LogP contribution in [0.4, 0.5) is 0 Å². The van der Waals surface area contributed by atoms with Crippen molar-refractivity contribution < 1.29 is 4.74 Å². The Balaban J connectivity index is 2.17. The number of rotatable bonds is 4. The van der Waals surface area contributed by atoms with E-state index in [4.69, 9.17) is 4.74 Å². The van der Waals surface area contributed by atoms with Gasteiger partial charge in [0.1, 0.15) is 5.75 Å². The molecule has 0 aliphatic heterocycles. The third-order valence-electron chi connectivity index (χ3n) is 4.91. The lowest BCUT2D eigenvalue weighted by Crippen LogP contribution is -2.39. The van der Waals surface area contributed by atoms with Gasteiger partial charge < -0.3 is 4.74 Å². The van der Waals surface area contributed by atoms with E-state index in [0.29, 0.717) is 22.7 Å². The summed E-state index contributed by atoms with van der Waals surface area (Å²) in [5, 5.41) is 0. The summed E-state index contributed by atoms with van der Waals surface area (Å²) in [6.07, 6.45) is 3.37. The zero-order valence-electron chi connectivity index (χ0n) is 16.3. The van der Waals surface area contributed by atoms with Gasteiger partial charge in [-0.1, -0.05) is 12.1 Å². The molecule has 0 fully saturated rings. The molecule has 0 aliphatic rings. The van der Waals surface area contributed by atoms with Crippen molar-refractivity contribution in [2.45, 2.75) is 20.4 Å². The van der Waals surface area contributed by atoms with Crippen LogP contribution >= 0.6 is 0 Å². The molecule has 144 valence electrons. The van der Waals surface area contributed by atoms with Gasteiger partial charge in [0.25, 0.3) is 5.56 Å². The van der Waals surface area contributed by atoms with Gasteiger partial charge in [-0.3, -0.25) is 22.9 Å². The standard InChI is InChI=1S/C20H21N5O3/c1-6-9-23-18(26)16-17(22(4)20(23)27)21-19-24(16)11-13(3)25(19)14-10-12(2)7-8-15(14)28-5/h6-8,10-11H,1,9H2,2-5H3. The molecule has 0 aliphatic carbocycles. The largest absolute Gasteiger partial charge is 0.495 e. The summed E-state index contributed by atoms with van der Waals surface area (Å²) in [6.45, 7) is 7.71. The van der Waals surface area contributed by atoms with E-state index in [1.165, 1.54) is 10.6 Å². The number of aryl methyl sites for hydroxylation is 3. The fraction of sp³-hybridized carbons (Fsp3) is 0.250. The number of allylic oxidation sites excluding steroid dienone is 1. The number of imidazole rings is 2. The summed E-state index contributed by atoms with van der Waals surface area (Å²) in [5.74, 6) is 1.23. The van der Waals surface area contributed by atoms with Crippen LogP contribution in [-0.2, 0) is 13.6 Å². The Hall–Kier alpha value is -3.55. The molecule has 8 heteroatoms. The lowest BCUT2D eigenvalue weighted by atomic mass is 10.2. The van der Waals surface area contributed by atoms with Crippen LogP contribution in [-0.4, -0.2) is 30.2 Å². The second kappa shape index (κ2) is 6.26. The number of aromatic nitrogens is 5. The van der Waals surface area contributed by atoms with E-state index in [0.717, 1.165) is 21.5 Å². The molecule has 8 nitrogen and oxygen atoms in total. The van der Waals surface area contributed by atoms with Gasteiger partial charge >= 0.3 is 5.69 Å². The highest BCUT2D eigenvalue weighted by molar-refractivity contribution is 5.76. The minimum Gasteiger partial charge on any atom is -0.495 e. The van der Waals surface area contributed by atoms with E-state index in [-0.39, 0.29) is 12.1 Å². The number of ether oxygens (including phenoxy) is 1. The molecule has 0 radical (unpaired) electrons. The first-order chi connectivity index (χ1) is 13.4. The predicted octanol–water partition coefficient (Wildman–Crippen LogP) is 1.95. The molecule has 0 amide bonds. The molecule has 0 N–H and O–H groups in total. The molecule has 28 heavy (non-hydrogen) atoms. The molecular formula is C20H21N5O3. The molecule has 0 spiro atoms. The van der Waals surface area contributed by atoms with E-state index in [1.807, 2.05) is 42.8 Å². The number of benzene rings is 1. The van der Waals surface area contributed by atoms with Crippen LogP contribution in [0.15, 0.2) is 46.6 Å². The lowest BCUT2D eigenvalue weighted by molar-refractivity contribution is 0.413. The second-order valence-electron chi connectivity index (χ2n) is 6.78. The molecule has 0 saturated carbocycles.